The number of Topliss-reactive ketones (excluding diaryl/α,β-unsaturated/α-hetero) is 1. The third-order valence-electron chi connectivity index (χ3n) is 3.96. The molecule has 0 spiro atoms. The van der Waals surface area contributed by atoms with Crippen molar-refractivity contribution in [3.05, 3.63) is 72.1 Å². The van der Waals surface area contributed by atoms with E-state index in [0.29, 0.717) is 0 Å². The van der Waals surface area contributed by atoms with Crippen molar-refractivity contribution in [3.63, 3.8) is 0 Å². The molecule has 2 aromatic heterocycles. The number of hydrogen-bond acceptors (Lipinski definition) is 5. The summed E-state index contributed by atoms with van der Waals surface area (Å²) in [6.45, 7) is 7.58. The molecule has 27 heavy (non-hydrogen) atoms. The highest BCUT2D eigenvalue weighted by Crippen LogP contribution is 2.17. The second-order valence-corrected chi connectivity index (χ2v) is 7.78. The highest BCUT2D eigenvalue weighted by atomic mass is 32.1. The molecule has 0 radical (unpaired) electrons. The van der Waals surface area contributed by atoms with Gasteiger partial charge in [0.25, 0.3) is 5.56 Å². The van der Waals surface area contributed by atoms with Crippen LogP contribution in [0.2, 0.25) is 0 Å². The Morgan fingerprint density at radius 1 is 1.07 bits per heavy atom. The molecule has 0 aliphatic heterocycles. The molecule has 1 N–H and O–H groups in total. The Kier molecular flexibility index (Phi) is 6.74. The van der Waals surface area contributed by atoms with Gasteiger partial charge in [-0.25, -0.2) is 4.79 Å². The van der Waals surface area contributed by atoms with E-state index in [1.807, 2.05) is 39.1 Å². The minimum Gasteiger partial charge on any atom is -0.494 e. The summed E-state index contributed by atoms with van der Waals surface area (Å²) in [5, 5.41) is 12.4. The molecule has 0 aliphatic rings. The first-order valence-corrected chi connectivity index (χ1v) is 9.49. The lowest BCUT2D eigenvalue weighted by Gasteiger charge is -2.13. The van der Waals surface area contributed by atoms with Crippen LogP contribution in [-0.2, 0) is 19.5 Å². The number of thiophene rings is 1. The summed E-state index contributed by atoms with van der Waals surface area (Å²) < 4.78 is 2.06. The van der Waals surface area contributed by atoms with Crippen molar-refractivity contribution >= 4 is 17.1 Å². The van der Waals surface area contributed by atoms with Gasteiger partial charge in [0.1, 0.15) is 5.56 Å². The van der Waals surface area contributed by atoms with E-state index < -0.39 is 22.9 Å². The monoisotopic (exact) mass is 388 g/mol. The molecule has 2 heterocycles. The van der Waals surface area contributed by atoms with Gasteiger partial charge in [-0.1, -0.05) is 29.4 Å². The van der Waals surface area contributed by atoms with Crippen molar-refractivity contribution in [2.75, 3.05) is 0 Å². The Labute approximate surface area is 161 Å². The van der Waals surface area contributed by atoms with E-state index in [9.17, 15) is 19.5 Å². The molecule has 144 valence electrons. The van der Waals surface area contributed by atoms with Gasteiger partial charge >= 0.3 is 5.69 Å². The molecular weight excluding hydrogens is 364 g/mol. The topological polar surface area (TPSA) is 81.3 Å². The van der Waals surface area contributed by atoms with Crippen LogP contribution in [0.3, 0.4) is 0 Å². The van der Waals surface area contributed by atoms with Gasteiger partial charge in [0.15, 0.2) is 5.78 Å². The van der Waals surface area contributed by atoms with Crippen molar-refractivity contribution < 1.29 is 9.90 Å². The molecule has 0 unspecified atom stereocenters. The van der Waals surface area contributed by atoms with Crippen molar-refractivity contribution in [1.82, 2.24) is 9.13 Å². The normalized spacial score (nSPS) is 10.5. The SMILES string of the molecule is CC(C)=CCn1c(O)c(C(=O)Cc2cccs2)c(=O)n(CC=C(C)C)c1=O. The molecule has 0 aliphatic carbocycles. The molecule has 2 aromatic rings. The van der Waals surface area contributed by atoms with Gasteiger partial charge < -0.3 is 5.11 Å². The van der Waals surface area contributed by atoms with Crippen LogP contribution < -0.4 is 11.2 Å². The number of carbonyl (C=O) groups is 1. The van der Waals surface area contributed by atoms with Crippen molar-refractivity contribution in [2.24, 2.45) is 0 Å². The van der Waals surface area contributed by atoms with Crippen LogP contribution in [0.25, 0.3) is 0 Å². The average Bonchev–Trinajstić information content (AvgIpc) is 3.06. The molecule has 7 heteroatoms. The lowest BCUT2D eigenvalue weighted by Crippen LogP contribution is -2.42. The summed E-state index contributed by atoms with van der Waals surface area (Å²) in [5.41, 5.74) is 0.156. The second kappa shape index (κ2) is 8.81. The molecular formula is C20H24N2O4S. The summed E-state index contributed by atoms with van der Waals surface area (Å²) in [7, 11) is 0. The highest BCUT2D eigenvalue weighted by molar-refractivity contribution is 7.10. The third-order valence-corrected chi connectivity index (χ3v) is 4.83. The standard InChI is InChI=1S/C20H24N2O4S/c1-13(2)7-9-21-18(24)17(16(23)12-15-6-5-11-27-15)19(25)22(20(21)26)10-8-14(3)4/h5-8,11,24H,9-10,12H2,1-4H3. The van der Waals surface area contributed by atoms with Gasteiger partial charge in [-0.15, -0.1) is 11.3 Å². The molecule has 6 nitrogen and oxygen atoms in total. The number of ketones is 1. The van der Waals surface area contributed by atoms with Crippen molar-refractivity contribution in [1.29, 1.82) is 0 Å². The Morgan fingerprint density at radius 2 is 1.67 bits per heavy atom. The lowest BCUT2D eigenvalue weighted by molar-refractivity contribution is 0.0987. The molecule has 0 atom stereocenters. The zero-order valence-electron chi connectivity index (χ0n) is 16.0. The maximum Gasteiger partial charge on any atom is 0.334 e. The number of aromatic nitrogens is 2. The van der Waals surface area contributed by atoms with Crippen LogP contribution in [0.4, 0.5) is 0 Å². The second-order valence-electron chi connectivity index (χ2n) is 6.75. The fourth-order valence-corrected chi connectivity index (χ4v) is 3.17. The maximum absolute atomic E-state index is 12.8. The van der Waals surface area contributed by atoms with E-state index in [-0.39, 0.29) is 25.1 Å². The molecule has 0 aromatic carbocycles. The largest absolute Gasteiger partial charge is 0.494 e. The smallest absolute Gasteiger partial charge is 0.334 e. The average molecular weight is 388 g/mol. The Balaban J connectivity index is 2.64. The van der Waals surface area contributed by atoms with Gasteiger partial charge in [0.2, 0.25) is 5.88 Å². The molecule has 0 saturated heterocycles. The van der Waals surface area contributed by atoms with E-state index in [0.717, 1.165) is 25.2 Å². The van der Waals surface area contributed by atoms with Crippen LogP contribution >= 0.6 is 11.3 Å². The van der Waals surface area contributed by atoms with Gasteiger partial charge in [-0.3, -0.25) is 18.7 Å². The predicted octanol–water partition coefficient (Wildman–Crippen LogP) is 3.13. The van der Waals surface area contributed by atoms with Crippen LogP contribution in [0, 0.1) is 0 Å². The first-order valence-electron chi connectivity index (χ1n) is 8.61. The highest BCUT2D eigenvalue weighted by Gasteiger charge is 2.24. The molecule has 0 fully saturated rings. The number of rotatable bonds is 7. The molecule has 2 rings (SSSR count). The number of hydrogen-bond donors (Lipinski definition) is 1. The summed E-state index contributed by atoms with van der Waals surface area (Å²) in [4.78, 5) is 39.1. The van der Waals surface area contributed by atoms with Gasteiger partial charge in [-0.2, -0.15) is 0 Å². The zero-order chi connectivity index (χ0) is 20.1. The minimum absolute atomic E-state index is 0.00393. The Morgan fingerprint density at radius 3 is 2.19 bits per heavy atom. The summed E-state index contributed by atoms with van der Waals surface area (Å²) in [6.07, 6.45) is 3.49. The van der Waals surface area contributed by atoms with E-state index in [1.54, 1.807) is 18.2 Å². The summed E-state index contributed by atoms with van der Waals surface area (Å²) in [6, 6.07) is 3.61. The number of allylic oxidation sites excluding steroid dienone is 4. The van der Waals surface area contributed by atoms with Crippen LogP contribution in [-0.4, -0.2) is 20.0 Å². The molecule has 0 saturated carbocycles. The number of carbonyl (C=O) groups excluding carboxylic acids is 1. The third kappa shape index (κ3) is 4.95. The maximum atomic E-state index is 12.8. The quantitative estimate of drug-likeness (QED) is 0.584. The van der Waals surface area contributed by atoms with E-state index in [4.69, 9.17) is 0 Å². The first-order chi connectivity index (χ1) is 12.7. The van der Waals surface area contributed by atoms with Crippen molar-refractivity contribution in [3.8, 4) is 5.88 Å². The zero-order valence-corrected chi connectivity index (χ0v) is 16.8. The first kappa shape index (κ1) is 20.6. The van der Waals surface area contributed by atoms with Crippen molar-refractivity contribution in [2.45, 2.75) is 47.2 Å². The minimum atomic E-state index is -0.759. The number of aromatic hydroxyl groups is 1. The predicted molar refractivity (Wildman–Crippen MR) is 108 cm³/mol. The molecule has 0 bridgehead atoms. The summed E-state index contributed by atoms with van der Waals surface area (Å²) in [5.74, 6) is -1.07. The van der Waals surface area contributed by atoms with E-state index >= 15 is 0 Å². The molecule has 0 amide bonds. The van der Waals surface area contributed by atoms with Gasteiger partial charge in [0, 0.05) is 24.4 Å². The van der Waals surface area contributed by atoms with Gasteiger partial charge in [0.05, 0.1) is 0 Å². The van der Waals surface area contributed by atoms with Crippen LogP contribution in [0.1, 0.15) is 42.9 Å². The Hall–Kier alpha value is -2.67. The number of nitrogens with zero attached hydrogens (tertiary/aromatic N) is 2. The van der Waals surface area contributed by atoms with Gasteiger partial charge in [-0.05, 0) is 39.1 Å². The summed E-state index contributed by atoms with van der Waals surface area (Å²) >= 11 is 1.40. The van der Waals surface area contributed by atoms with E-state index in [1.165, 1.54) is 11.3 Å². The fourth-order valence-electron chi connectivity index (χ4n) is 2.47. The van der Waals surface area contributed by atoms with E-state index in [2.05, 4.69) is 0 Å². The lowest BCUT2D eigenvalue weighted by atomic mass is 10.1. The Bertz CT molecular complexity index is 1000. The van der Waals surface area contributed by atoms with Crippen LogP contribution in [0.5, 0.6) is 5.88 Å². The fraction of sp³-hybridized carbons (Fsp3) is 0.350. The van der Waals surface area contributed by atoms with Crippen LogP contribution in [0.15, 0.2) is 50.4 Å².